The molecule has 1 heterocycles. The molecule has 0 bridgehead atoms. The Kier molecular flexibility index (Phi) is 13.3. The summed E-state index contributed by atoms with van der Waals surface area (Å²) in [5.74, 6) is 4.38. The Morgan fingerprint density at radius 2 is 1.51 bits per heavy atom. The third-order valence-corrected chi connectivity index (χ3v) is 13.2. The van der Waals surface area contributed by atoms with Gasteiger partial charge in [0.15, 0.2) is 0 Å². The molecule has 4 aliphatic rings. The number of halogens is 2. The van der Waals surface area contributed by atoms with Crippen LogP contribution in [0, 0.1) is 50.5 Å². The predicted octanol–water partition coefficient (Wildman–Crippen LogP) is 6.58. The molecule has 49 heavy (non-hydrogen) atoms. The van der Waals surface area contributed by atoms with Gasteiger partial charge in [0.2, 0.25) is 0 Å². The molecule has 1 saturated carbocycles. The number of hydrogen-bond donors (Lipinski definition) is 0. The molecule has 4 aliphatic carbocycles. The molecule has 0 saturated heterocycles. The van der Waals surface area contributed by atoms with Crippen LogP contribution in [-0.4, -0.2) is 3.21 Å². The predicted molar refractivity (Wildman–Crippen MR) is 198 cm³/mol. The van der Waals surface area contributed by atoms with Crippen LogP contribution in [0.4, 0.5) is 0 Å². The van der Waals surface area contributed by atoms with Crippen LogP contribution in [0.1, 0.15) is 130 Å². The Balaban J connectivity index is 0.000000222. The summed E-state index contributed by atoms with van der Waals surface area (Å²) in [4.78, 5) is 0. The van der Waals surface area contributed by atoms with Gasteiger partial charge in [-0.15, -0.1) is 17.2 Å². The van der Waals surface area contributed by atoms with Crippen LogP contribution in [0.5, 0.6) is 0 Å². The molecular formula is C45H52Cl2OZr-2. The number of benzene rings is 3. The van der Waals surface area contributed by atoms with Crippen molar-refractivity contribution in [2.24, 2.45) is 17.8 Å². The molecule has 4 aromatic rings. The standard InChI is InChI=1S/C29H33.C10H9O.C6H10.2ClH.Zr/c1-14-13-24-25(18(5)15(14)2)21(8)28-27-20(7)17(4)16(3)19(6)26(27)22-11-9-10-12-23(22)29(24)28;1-8-2-3-9(6-8)10-4-5-11-7-10;1-2-4-6-5-3-1;;;/h9-13,16-17,19,21H,1-8H3;2-5,7-8H,1H3;1-5H2;2*1H;/q2*-1;;;;+2/p-2. The van der Waals surface area contributed by atoms with Gasteiger partial charge in [-0.25, -0.2) is 0 Å². The molecule has 8 rings (SSSR count). The quantitative estimate of drug-likeness (QED) is 0.200. The first-order chi connectivity index (χ1) is 22.5. The van der Waals surface area contributed by atoms with Gasteiger partial charge in [-0.05, 0) is 59.9 Å². The van der Waals surface area contributed by atoms with Crippen molar-refractivity contribution in [2.45, 2.75) is 106 Å². The number of aryl methyl sites for hydroxylation is 1. The van der Waals surface area contributed by atoms with Gasteiger partial charge >= 0.3 is 59.5 Å². The summed E-state index contributed by atoms with van der Waals surface area (Å²) in [7, 11) is 0. The molecule has 0 aliphatic heterocycles. The van der Waals surface area contributed by atoms with Crippen molar-refractivity contribution in [3.8, 4) is 11.1 Å². The van der Waals surface area contributed by atoms with E-state index in [1.807, 2.05) is 6.07 Å². The minimum absolute atomic E-state index is 0. The summed E-state index contributed by atoms with van der Waals surface area (Å²) < 4.78 is 6.77. The molecule has 5 atom stereocenters. The van der Waals surface area contributed by atoms with E-state index in [-0.39, 0.29) is 24.8 Å². The van der Waals surface area contributed by atoms with Gasteiger partial charge in [-0.1, -0.05) is 118 Å². The van der Waals surface area contributed by atoms with Crippen LogP contribution in [0.2, 0.25) is 0 Å². The van der Waals surface area contributed by atoms with Crippen LogP contribution < -0.4 is 24.8 Å². The molecule has 4 heteroatoms. The Labute approximate surface area is 323 Å². The molecule has 1 aromatic heterocycles. The van der Waals surface area contributed by atoms with E-state index < -0.39 is 0 Å². The zero-order valence-electron chi connectivity index (χ0n) is 30.9. The fourth-order valence-corrected chi connectivity index (χ4v) is 9.46. The average Bonchev–Trinajstić information content (AvgIpc) is 3.82. The second-order valence-corrected chi connectivity index (χ2v) is 16.5. The summed E-state index contributed by atoms with van der Waals surface area (Å²) in [6.45, 7) is 21.2. The van der Waals surface area contributed by atoms with Crippen LogP contribution in [0.3, 0.4) is 0 Å². The van der Waals surface area contributed by atoms with E-state index in [2.05, 4.69) is 111 Å². The maximum absolute atomic E-state index is 4.97. The zero-order chi connectivity index (χ0) is 33.6. The second kappa shape index (κ2) is 16.5. The average molecular weight is 771 g/mol. The van der Waals surface area contributed by atoms with Gasteiger partial charge in [0.25, 0.3) is 0 Å². The number of hydrogen-bond acceptors (Lipinski definition) is 1. The SMILES string of the molecule is CC1[C-]=C(c2ccoc2)C=C1.Cc1cc2c(c(C)c1C)C(C)c1c3c(c4ccccc4c1-2)C(C)C(C)C(C)[C-]3C.[Cl-].[Cl-].[Zr+2]=[C]1CCCCC1. The first-order valence-electron chi connectivity index (χ1n) is 17.9. The summed E-state index contributed by atoms with van der Waals surface area (Å²) in [5.41, 5.74) is 16.0. The fraction of sp³-hybridized carbons (Fsp3) is 0.422. The first-order valence-corrected chi connectivity index (χ1v) is 19.2. The van der Waals surface area contributed by atoms with Crippen molar-refractivity contribution in [1.82, 2.24) is 0 Å². The van der Waals surface area contributed by atoms with E-state index in [4.69, 9.17) is 4.42 Å². The van der Waals surface area contributed by atoms with Gasteiger partial charge in [-0.3, -0.25) is 0 Å². The van der Waals surface area contributed by atoms with Crippen molar-refractivity contribution in [1.29, 1.82) is 0 Å². The van der Waals surface area contributed by atoms with Crippen LogP contribution in [0.15, 0.2) is 65.5 Å². The number of rotatable bonds is 1. The molecule has 3 aromatic carbocycles. The molecular weight excluding hydrogens is 719 g/mol. The number of allylic oxidation sites excluding steroid dienone is 4. The van der Waals surface area contributed by atoms with Crippen molar-refractivity contribution in [3.05, 3.63) is 118 Å². The van der Waals surface area contributed by atoms with Gasteiger partial charge in [-0.2, -0.15) is 29.2 Å². The number of fused-ring (bicyclic) bond motifs is 8. The normalized spacial score (nSPS) is 23.2. The fourth-order valence-electron chi connectivity index (χ4n) is 8.59. The Morgan fingerprint density at radius 3 is 2.08 bits per heavy atom. The third-order valence-electron chi connectivity index (χ3n) is 12.0. The Morgan fingerprint density at radius 1 is 0.837 bits per heavy atom. The molecule has 0 radical (unpaired) electrons. The molecule has 0 amide bonds. The molecule has 0 spiro atoms. The van der Waals surface area contributed by atoms with Crippen LogP contribution in [-0.2, 0) is 24.2 Å². The van der Waals surface area contributed by atoms with Crippen LogP contribution >= 0.6 is 0 Å². The van der Waals surface area contributed by atoms with Crippen molar-refractivity contribution >= 4 is 19.6 Å². The maximum atomic E-state index is 4.97. The zero-order valence-corrected chi connectivity index (χ0v) is 34.8. The van der Waals surface area contributed by atoms with E-state index in [9.17, 15) is 0 Å². The van der Waals surface area contributed by atoms with Crippen LogP contribution in [0.25, 0.3) is 27.5 Å². The topological polar surface area (TPSA) is 13.1 Å². The Bertz CT molecular complexity index is 1860. The molecule has 1 nitrogen and oxygen atoms in total. The van der Waals surface area contributed by atoms with E-state index in [0.717, 1.165) is 11.1 Å². The van der Waals surface area contributed by atoms with Gasteiger partial charge in [0, 0.05) is 6.26 Å². The van der Waals surface area contributed by atoms with Crippen molar-refractivity contribution in [3.63, 3.8) is 0 Å². The van der Waals surface area contributed by atoms with Crippen molar-refractivity contribution in [2.75, 3.05) is 0 Å². The van der Waals surface area contributed by atoms with Gasteiger partial charge in [0.05, 0.1) is 6.26 Å². The molecule has 0 N–H and O–H groups in total. The summed E-state index contributed by atoms with van der Waals surface area (Å²) >= 11 is 1.69. The van der Waals surface area contributed by atoms with Gasteiger partial charge in [0.1, 0.15) is 0 Å². The summed E-state index contributed by atoms with van der Waals surface area (Å²) in [6.07, 6.45) is 18.2. The monoisotopic (exact) mass is 768 g/mol. The summed E-state index contributed by atoms with van der Waals surface area (Å²) in [6, 6.07) is 13.6. The first kappa shape index (κ1) is 39.7. The van der Waals surface area contributed by atoms with Crippen molar-refractivity contribution < 1.29 is 53.5 Å². The van der Waals surface area contributed by atoms with E-state index >= 15 is 0 Å². The van der Waals surface area contributed by atoms with E-state index in [0.29, 0.717) is 29.6 Å². The third kappa shape index (κ3) is 7.45. The number of furan rings is 1. The molecule has 5 unspecified atom stereocenters. The van der Waals surface area contributed by atoms with E-state index in [1.54, 1.807) is 68.1 Å². The molecule has 1 fully saturated rings. The molecule has 258 valence electrons. The van der Waals surface area contributed by atoms with Gasteiger partial charge < -0.3 is 29.2 Å². The Hall–Kier alpha value is -2.12. The van der Waals surface area contributed by atoms with E-state index in [1.165, 1.54) is 70.7 Å². The second-order valence-electron chi connectivity index (χ2n) is 14.8. The minimum atomic E-state index is 0. The summed E-state index contributed by atoms with van der Waals surface area (Å²) in [5, 5.41) is 2.93.